The van der Waals surface area contributed by atoms with Gasteiger partial charge in [-0.15, -0.1) is 0 Å². The summed E-state index contributed by atoms with van der Waals surface area (Å²) in [5.41, 5.74) is 3.13. The van der Waals surface area contributed by atoms with Crippen LogP contribution in [-0.2, 0) is 0 Å². The van der Waals surface area contributed by atoms with Gasteiger partial charge in [0.05, 0.1) is 12.2 Å². The van der Waals surface area contributed by atoms with Crippen molar-refractivity contribution < 1.29 is 4.42 Å². The molecule has 4 rings (SSSR count). The van der Waals surface area contributed by atoms with Gasteiger partial charge < -0.3 is 14.7 Å². The van der Waals surface area contributed by atoms with Gasteiger partial charge in [-0.25, -0.2) is 19.9 Å². The van der Waals surface area contributed by atoms with Crippen molar-refractivity contribution in [1.29, 1.82) is 0 Å². The first-order valence-corrected chi connectivity index (χ1v) is 7.04. The fraction of sp³-hybridized carbons (Fsp3) is 0.200. The molecule has 0 fully saturated rings. The third kappa shape index (κ3) is 2.16. The van der Waals surface area contributed by atoms with Crippen molar-refractivity contribution in [3.8, 4) is 0 Å². The zero-order valence-electron chi connectivity index (χ0n) is 11.9. The molecule has 22 heavy (non-hydrogen) atoms. The van der Waals surface area contributed by atoms with Crippen LogP contribution < -0.4 is 5.32 Å². The highest BCUT2D eigenvalue weighted by molar-refractivity contribution is 5.81. The van der Waals surface area contributed by atoms with Gasteiger partial charge in [-0.2, -0.15) is 0 Å². The van der Waals surface area contributed by atoms with Gasteiger partial charge in [0, 0.05) is 6.54 Å². The van der Waals surface area contributed by atoms with E-state index in [1.165, 1.54) is 6.33 Å². The summed E-state index contributed by atoms with van der Waals surface area (Å²) >= 11 is 0. The van der Waals surface area contributed by atoms with Crippen LogP contribution in [0.2, 0.25) is 0 Å². The normalized spacial score (nSPS) is 12.8. The molecule has 1 atom stereocenters. The van der Waals surface area contributed by atoms with Gasteiger partial charge in [-0.1, -0.05) is 19.1 Å². The van der Waals surface area contributed by atoms with Crippen molar-refractivity contribution in [2.75, 3.05) is 11.9 Å². The van der Waals surface area contributed by atoms with Crippen LogP contribution in [0.25, 0.3) is 22.3 Å². The summed E-state index contributed by atoms with van der Waals surface area (Å²) in [5, 5.41) is 3.29. The number of hydrogen-bond acceptors (Lipinski definition) is 6. The fourth-order valence-electron chi connectivity index (χ4n) is 2.34. The number of rotatable bonds is 4. The Morgan fingerprint density at radius 3 is 3.05 bits per heavy atom. The van der Waals surface area contributed by atoms with E-state index in [1.54, 1.807) is 6.33 Å². The third-order valence-corrected chi connectivity index (χ3v) is 3.53. The zero-order valence-corrected chi connectivity index (χ0v) is 11.9. The second-order valence-electron chi connectivity index (χ2n) is 5.13. The van der Waals surface area contributed by atoms with Gasteiger partial charge in [-0.05, 0) is 12.1 Å². The van der Waals surface area contributed by atoms with Crippen molar-refractivity contribution in [2.45, 2.75) is 12.8 Å². The molecule has 0 aliphatic carbocycles. The molecule has 0 saturated heterocycles. The molecular formula is C15H14N6O. The number of para-hydroxylation sites is 2. The Balaban J connectivity index is 1.54. The summed E-state index contributed by atoms with van der Waals surface area (Å²) in [5.74, 6) is 1.55. The largest absolute Gasteiger partial charge is 0.440 e. The number of nitrogens with one attached hydrogen (secondary N) is 2. The first-order valence-electron chi connectivity index (χ1n) is 7.04. The monoisotopic (exact) mass is 294 g/mol. The fourth-order valence-corrected chi connectivity index (χ4v) is 2.34. The lowest BCUT2D eigenvalue weighted by atomic mass is 10.2. The number of anilines is 1. The van der Waals surface area contributed by atoms with E-state index in [2.05, 4.69) is 37.2 Å². The molecule has 7 heteroatoms. The molecule has 0 bridgehead atoms. The molecule has 4 aromatic rings. The molecule has 0 radical (unpaired) electrons. The third-order valence-electron chi connectivity index (χ3n) is 3.53. The maximum atomic E-state index is 5.79. The minimum absolute atomic E-state index is 0.111. The summed E-state index contributed by atoms with van der Waals surface area (Å²) in [6, 6.07) is 7.76. The van der Waals surface area contributed by atoms with E-state index >= 15 is 0 Å². The number of H-pyrrole nitrogens is 1. The zero-order chi connectivity index (χ0) is 14.9. The van der Waals surface area contributed by atoms with Gasteiger partial charge in [0.15, 0.2) is 22.9 Å². The Labute approximate surface area is 125 Å². The van der Waals surface area contributed by atoms with Crippen molar-refractivity contribution in [1.82, 2.24) is 24.9 Å². The minimum atomic E-state index is 0.111. The minimum Gasteiger partial charge on any atom is -0.440 e. The lowest BCUT2D eigenvalue weighted by Crippen LogP contribution is -2.11. The molecule has 3 aromatic heterocycles. The number of benzene rings is 1. The summed E-state index contributed by atoms with van der Waals surface area (Å²) in [6.45, 7) is 2.71. The number of hydrogen-bond donors (Lipinski definition) is 2. The van der Waals surface area contributed by atoms with Crippen molar-refractivity contribution in [2.24, 2.45) is 0 Å². The topological polar surface area (TPSA) is 92.5 Å². The van der Waals surface area contributed by atoms with Gasteiger partial charge in [0.2, 0.25) is 0 Å². The Hall–Kier alpha value is -2.96. The highest BCUT2D eigenvalue weighted by Crippen LogP contribution is 2.22. The average Bonchev–Trinajstić information content (AvgIpc) is 3.18. The molecule has 1 aromatic carbocycles. The first kappa shape index (κ1) is 12.8. The second-order valence-corrected chi connectivity index (χ2v) is 5.13. The Morgan fingerprint density at radius 2 is 2.14 bits per heavy atom. The standard InChI is InChI=1S/C15H14N6O/c1-9(15-21-10-4-2-3-5-11(10)22-15)6-16-13-12-14(18-7-17-12)20-8-19-13/h2-5,7-9H,6H2,1H3,(H2,16,17,18,19,20). The number of fused-ring (bicyclic) bond motifs is 2. The van der Waals surface area contributed by atoms with Crippen molar-refractivity contribution in [3.05, 3.63) is 42.8 Å². The summed E-state index contributed by atoms with van der Waals surface area (Å²) < 4.78 is 5.79. The number of oxazole rings is 1. The predicted octanol–water partition coefficient (Wildman–Crippen LogP) is 2.71. The van der Waals surface area contributed by atoms with Gasteiger partial charge in [0.1, 0.15) is 17.4 Å². The van der Waals surface area contributed by atoms with E-state index in [1.807, 2.05) is 24.3 Å². The molecule has 0 amide bonds. The number of aromatic amines is 1. The van der Waals surface area contributed by atoms with Crippen molar-refractivity contribution in [3.63, 3.8) is 0 Å². The Kier molecular flexibility index (Phi) is 2.96. The highest BCUT2D eigenvalue weighted by atomic mass is 16.3. The Morgan fingerprint density at radius 1 is 1.23 bits per heavy atom. The molecule has 0 spiro atoms. The molecule has 2 N–H and O–H groups in total. The maximum Gasteiger partial charge on any atom is 0.200 e. The van der Waals surface area contributed by atoms with Crippen LogP contribution in [0.1, 0.15) is 18.7 Å². The molecule has 3 heterocycles. The van der Waals surface area contributed by atoms with Gasteiger partial charge >= 0.3 is 0 Å². The van der Waals surface area contributed by atoms with Crippen LogP contribution in [-0.4, -0.2) is 31.5 Å². The SMILES string of the molecule is CC(CNc1ncnc2nc[nH]c12)c1nc2ccccc2o1. The summed E-state index contributed by atoms with van der Waals surface area (Å²) in [6.07, 6.45) is 3.10. The number of nitrogens with zero attached hydrogens (tertiary/aromatic N) is 4. The van der Waals surface area contributed by atoms with Crippen LogP contribution >= 0.6 is 0 Å². The lowest BCUT2D eigenvalue weighted by molar-refractivity contribution is 0.494. The van der Waals surface area contributed by atoms with E-state index in [4.69, 9.17) is 4.42 Å². The summed E-state index contributed by atoms with van der Waals surface area (Å²) in [4.78, 5) is 20.0. The molecular weight excluding hydrogens is 280 g/mol. The predicted molar refractivity (Wildman–Crippen MR) is 82.6 cm³/mol. The Bertz CT molecular complexity index is 895. The molecule has 7 nitrogen and oxygen atoms in total. The quantitative estimate of drug-likeness (QED) is 0.601. The van der Waals surface area contributed by atoms with E-state index in [0.29, 0.717) is 18.1 Å². The molecule has 0 saturated carbocycles. The first-order chi connectivity index (χ1) is 10.8. The average molecular weight is 294 g/mol. The van der Waals surface area contributed by atoms with E-state index < -0.39 is 0 Å². The van der Waals surface area contributed by atoms with E-state index in [-0.39, 0.29) is 5.92 Å². The smallest absolute Gasteiger partial charge is 0.200 e. The van der Waals surface area contributed by atoms with Crippen LogP contribution in [0.4, 0.5) is 5.82 Å². The molecule has 0 aliphatic rings. The molecule has 1 unspecified atom stereocenters. The number of imidazole rings is 1. The number of aromatic nitrogens is 5. The van der Waals surface area contributed by atoms with Crippen molar-refractivity contribution >= 4 is 28.1 Å². The van der Waals surface area contributed by atoms with E-state index in [9.17, 15) is 0 Å². The van der Waals surface area contributed by atoms with Gasteiger partial charge in [-0.3, -0.25) is 0 Å². The second kappa shape index (κ2) is 5.10. The van der Waals surface area contributed by atoms with E-state index in [0.717, 1.165) is 22.4 Å². The highest BCUT2D eigenvalue weighted by Gasteiger charge is 2.14. The van der Waals surface area contributed by atoms with Crippen LogP contribution in [0.3, 0.4) is 0 Å². The van der Waals surface area contributed by atoms with Crippen LogP contribution in [0.5, 0.6) is 0 Å². The van der Waals surface area contributed by atoms with Crippen LogP contribution in [0.15, 0.2) is 41.3 Å². The summed E-state index contributed by atoms with van der Waals surface area (Å²) in [7, 11) is 0. The van der Waals surface area contributed by atoms with Crippen LogP contribution in [0, 0.1) is 0 Å². The molecule has 0 aliphatic heterocycles. The lowest BCUT2D eigenvalue weighted by Gasteiger charge is -2.09. The molecule has 110 valence electrons. The van der Waals surface area contributed by atoms with Gasteiger partial charge in [0.25, 0.3) is 0 Å². The maximum absolute atomic E-state index is 5.79.